The van der Waals surface area contributed by atoms with Crippen LogP contribution < -0.4 is 0 Å². The zero-order valence-electron chi connectivity index (χ0n) is 11.1. The summed E-state index contributed by atoms with van der Waals surface area (Å²) in [5.74, 6) is -0.783. The van der Waals surface area contributed by atoms with Crippen molar-refractivity contribution in [2.75, 3.05) is 6.54 Å². The third-order valence-electron chi connectivity index (χ3n) is 3.33. The van der Waals surface area contributed by atoms with Crippen LogP contribution in [0, 0.1) is 0 Å². The first-order chi connectivity index (χ1) is 8.47. The Morgan fingerprint density at radius 1 is 1.39 bits per heavy atom. The van der Waals surface area contributed by atoms with Gasteiger partial charge in [-0.15, -0.1) is 0 Å². The van der Waals surface area contributed by atoms with E-state index in [0.717, 1.165) is 16.5 Å². The fraction of sp³-hybridized carbons (Fsp3) is 0.500. The molecular weight excluding hydrogens is 294 g/mol. The van der Waals surface area contributed by atoms with E-state index >= 15 is 0 Å². The summed E-state index contributed by atoms with van der Waals surface area (Å²) >= 11 is 3.53. The molecule has 1 aromatic rings. The van der Waals surface area contributed by atoms with Crippen molar-refractivity contribution >= 4 is 21.9 Å². The molecule has 0 heterocycles. The molecule has 1 rings (SSSR count). The first-order valence-corrected chi connectivity index (χ1v) is 6.98. The molecule has 0 amide bonds. The summed E-state index contributed by atoms with van der Waals surface area (Å²) in [5.41, 5.74) is 1.12. The summed E-state index contributed by atoms with van der Waals surface area (Å²) in [6, 6.07) is 8.28. The maximum atomic E-state index is 11.0. The molecule has 0 aliphatic heterocycles. The summed E-state index contributed by atoms with van der Waals surface area (Å²) in [6.45, 7) is 6.26. The van der Waals surface area contributed by atoms with E-state index in [2.05, 4.69) is 36.7 Å². The molecule has 2 unspecified atom stereocenters. The summed E-state index contributed by atoms with van der Waals surface area (Å²) in [5, 5.41) is 9.04. The predicted octanol–water partition coefficient (Wildman–Crippen LogP) is 3.70. The molecule has 100 valence electrons. The monoisotopic (exact) mass is 313 g/mol. The van der Waals surface area contributed by atoms with Crippen LogP contribution in [-0.4, -0.2) is 28.6 Å². The minimum atomic E-state index is -0.783. The summed E-state index contributed by atoms with van der Waals surface area (Å²) in [6.07, 6.45) is 0.933. The van der Waals surface area contributed by atoms with Gasteiger partial charge in [-0.2, -0.15) is 0 Å². The van der Waals surface area contributed by atoms with Gasteiger partial charge in [-0.1, -0.05) is 41.1 Å². The molecular formula is C14H20BrNO2. The van der Waals surface area contributed by atoms with E-state index in [1.165, 1.54) is 0 Å². The normalized spacial score (nSPS) is 14.5. The predicted molar refractivity (Wildman–Crippen MR) is 76.7 cm³/mol. The molecule has 0 radical (unpaired) electrons. The Balaban J connectivity index is 2.98. The average molecular weight is 314 g/mol. The van der Waals surface area contributed by atoms with Crippen molar-refractivity contribution in [3.05, 3.63) is 34.3 Å². The number of rotatable bonds is 6. The molecule has 0 saturated carbocycles. The highest BCUT2D eigenvalue weighted by atomic mass is 79.9. The van der Waals surface area contributed by atoms with Gasteiger partial charge in [0.1, 0.15) is 0 Å². The number of carboxylic acid groups (broad SMARTS) is 1. The van der Waals surface area contributed by atoms with Gasteiger partial charge in [0.25, 0.3) is 0 Å². The number of aliphatic carboxylic acids is 1. The lowest BCUT2D eigenvalue weighted by atomic mass is 10.0. The van der Waals surface area contributed by atoms with Gasteiger partial charge in [-0.05, 0) is 31.9 Å². The number of carboxylic acids is 1. The molecule has 0 aromatic heterocycles. The number of hydrogen-bond donors (Lipinski definition) is 1. The van der Waals surface area contributed by atoms with Crippen molar-refractivity contribution in [2.24, 2.45) is 0 Å². The molecule has 0 aliphatic carbocycles. The Hall–Kier alpha value is -0.870. The van der Waals surface area contributed by atoms with Crippen LogP contribution in [0.4, 0.5) is 0 Å². The van der Waals surface area contributed by atoms with Gasteiger partial charge in [0.15, 0.2) is 0 Å². The molecule has 0 bridgehead atoms. The van der Waals surface area contributed by atoms with Gasteiger partial charge in [0, 0.05) is 16.6 Å². The van der Waals surface area contributed by atoms with E-state index in [-0.39, 0.29) is 18.6 Å². The van der Waals surface area contributed by atoms with Crippen molar-refractivity contribution in [3.63, 3.8) is 0 Å². The molecule has 4 heteroatoms. The molecule has 2 atom stereocenters. The fourth-order valence-corrected chi connectivity index (χ4v) is 2.67. The molecule has 0 fully saturated rings. The van der Waals surface area contributed by atoms with Crippen LogP contribution >= 0.6 is 15.9 Å². The number of halogens is 1. The Morgan fingerprint density at radius 2 is 2.00 bits per heavy atom. The molecule has 3 nitrogen and oxygen atoms in total. The highest BCUT2D eigenvalue weighted by Crippen LogP contribution is 2.29. The lowest BCUT2D eigenvalue weighted by molar-refractivity contribution is -0.139. The van der Waals surface area contributed by atoms with Crippen LogP contribution in [0.15, 0.2) is 28.7 Å². The van der Waals surface area contributed by atoms with Crippen LogP contribution in [0.1, 0.15) is 38.8 Å². The second-order valence-corrected chi connectivity index (χ2v) is 5.38. The Bertz CT molecular complexity index is 409. The molecule has 1 aromatic carbocycles. The first-order valence-electron chi connectivity index (χ1n) is 6.19. The SMILES string of the molecule is CCC(C)N(CC(=O)O)C(C)c1ccccc1Br. The Kier molecular flexibility index (Phi) is 5.82. The highest BCUT2D eigenvalue weighted by Gasteiger charge is 2.23. The van der Waals surface area contributed by atoms with Crippen LogP contribution in [0.5, 0.6) is 0 Å². The maximum absolute atomic E-state index is 11.0. The van der Waals surface area contributed by atoms with E-state index < -0.39 is 5.97 Å². The Labute approximate surface area is 117 Å². The number of benzene rings is 1. The lowest BCUT2D eigenvalue weighted by Crippen LogP contribution is -2.39. The largest absolute Gasteiger partial charge is 0.480 e. The molecule has 18 heavy (non-hydrogen) atoms. The number of nitrogens with zero attached hydrogens (tertiary/aromatic N) is 1. The van der Waals surface area contributed by atoms with Gasteiger partial charge in [-0.3, -0.25) is 9.69 Å². The van der Waals surface area contributed by atoms with Gasteiger partial charge in [-0.25, -0.2) is 0 Å². The van der Waals surface area contributed by atoms with E-state index in [9.17, 15) is 4.79 Å². The second kappa shape index (κ2) is 6.90. The second-order valence-electron chi connectivity index (χ2n) is 4.52. The van der Waals surface area contributed by atoms with Gasteiger partial charge in [0.05, 0.1) is 6.54 Å². The third-order valence-corrected chi connectivity index (χ3v) is 4.05. The zero-order chi connectivity index (χ0) is 13.7. The standard InChI is InChI=1S/C14H20BrNO2/c1-4-10(2)16(9-14(17)18)11(3)12-7-5-6-8-13(12)15/h5-8,10-11H,4,9H2,1-3H3,(H,17,18). The van der Waals surface area contributed by atoms with E-state index in [1.54, 1.807) is 0 Å². The van der Waals surface area contributed by atoms with Crippen molar-refractivity contribution in [3.8, 4) is 0 Å². The van der Waals surface area contributed by atoms with Crippen LogP contribution in [0.25, 0.3) is 0 Å². The summed E-state index contributed by atoms with van der Waals surface area (Å²) < 4.78 is 1.02. The molecule has 0 spiro atoms. The van der Waals surface area contributed by atoms with Gasteiger partial charge >= 0.3 is 5.97 Å². The number of hydrogen-bond acceptors (Lipinski definition) is 2. The fourth-order valence-electron chi connectivity index (χ4n) is 2.06. The van der Waals surface area contributed by atoms with E-state index in [0.29, 0.717) is 0 Å². The van der Waals surface area contributed by atoms with Crippen molar-refractivity contribution in [1.82, 2.24) is 4.90 Å². The average Bonchev–Trinajstić information content (AvgIpc) is 2.34. The Morgan fingerprint density at radius 3 is 2.50 bits per heavy atom. The highest BCUT2D eigenvalue weighted by molar-refractivity contribution is 9.10. The molecule has 1 N–H and O–H groups in total. The first kappa shape index (κ1) is 15.2. The summed E-state index contributed by atoms with van der Waals surface area (Å²) in [7, 11) is 0. The van der Waals surface area contributed by atoms with Crippen molar-refractivity contribution in [1.29, 1.82) is 0 Å². The van der Waals surface area contributed by atoms with Gasteiger partial charge < -0.3 is 5.11 Å². The molecule has 0 saturated heterocycles. The van der Waals surface area contributed by atoms with Crippen LogP contribution in [0.2, 0.25) is 0 Å². The minimum absolute atomic E-state index is 0.0670. The van der Waals surface area contributed by atoms with Crippen LogP contribution in [-0.2, 0) is 4.79 Å². The van der Waals surface area contributed by atoms with Crippen LogP contribution in [0.3, 0.4) is 0 Å². The topological polar surface area (TPSA) is 40.5 Å². The lowest BCUT2D eigenvalue weighted by Gasteiger charge is -2.33. The zero-order valence-corrected chi connectivity index (χ0v) is 12.6. The summed E-state index contributed by atoms with van der Waals surface area (Å²) in [4.78, 5) is 13.0. The van der Waals surface area contributed by atoms with Crippen molar-refractivity contribution in [2.45, 2.75) is 39.3 Å². The maximum Gasteiger partial charge on any atom is 0.317 e. The third kappa shape index (κ3) is 3.82. The van der Waals surface area contributed by atoms with E-state index in [4.69, 9.17) is 5.11 Å². The smallest absolute Gasteiger partial charge is 0.317 e. The number of carbonyl (C=O) groups is 1. The quantitative estimate of drug-likeness (QED) is 0.870. The molecule has 0 aliphatic rings. The minimum Gasteiger partial charge on any atom is -0.480 e. The van der Waals surface area contributed by atoms with Crippen molar-refractivity contribution < 1.29 is 9.90 Å². The van der Waals surface area contributed by atoms with E-state index in [1.807, 2.05) is 29.2 Å². The van der Waals surface area contributed by atoms with Gasteiger partial charge in [0.2, 0.25) is 0 Å².